The van der Waals surface area contributed by atoms with Gasteiger partial charge in [-0.15, -0.1) is 0 Å². The molecule has 22 heteroatoms. The average Bonchev–Trinajstić information content (AvgIpc) is 3.12. The molecule has 0 aromatic rings. The van der Waals surface area contributed by atoms with Gasteiger partial charge in [0.05, 0.1) is 37.0 Å². The Morgan fingerprint density at radius 3 is 0.800 bits per heavy atom. The smallest absolute Gasteiger partial charge is 0.358 e. The molecule has 341 valence electrons. The molecule has 6 unspecified atom stereocenters. The minimum atomic E-state index is -4.75. The summed E-state index contributed by atoms with van der Waals surface area (Å²) in [7, 11) is 0. The number of carbonyl (C=O) groups excluding carboxylic acids is 1. The third-order valence-electron chi connectivity index (χ3n) is 10.0. The Morgan fingerprint density at radius 1 is 0.417 bits per heavy atom. The van der Waals surface area contributed by atoms with E-state index in [9.17, 15) is 93.9 Å². The van der Waals surface area contributed by atoms with Gasteiger partial charge in [-0.1, -0.05) is 97.8 Å². The zero-order chi connectivity index (χ0) is 46.5. The van der Waals surface area contributed by atoms with E-state index < -0.39 is 133 Å². The van der Waals surface area contributed by atoms with Crippen molar-refractivity contribution in [3.63, 3.8) is 0 Å². The second-order valence-corrected chi connectivity index (χ2v) is 14.5. The number of rotatable bonds is 37. The molecule has 0 aliphatic carbocycles. The van der Waals surface area contributed by atoms with Crippen LogP contribution in [-0.4, -0.2) is 129 Å². The quantitative estimate of drug-likeness (QED) is 0.0317. The molecule has 0 spiro atoms. The van der Waals surface area contributed by atoms with Crippen LogP contribution in [0.3, 0.4) is 0 Å². The van der Waals surface area contributed by atoms with Crippen LogP contribution in [-0.2, 0) is 62.2 Å². The summed E-state index contributed by atoms with van der Waals surface area (Å²) in [5, 5.41) is 93.1. The van der Waals surface area contributed by atoms with Gasteiger partial charge in [-0.25, -0.2) is 14.4 Å². The van der Waals surface area contributed by atoms with E-state index in [4.69, 9.17) is 14.2 Å². The lowest BCUT2D eigenvalue weighted by Gasteiger charge is -2.47. The minimum absolute atomic E-state index is 0.184. The number of carboxylic acid groups (broad SMARTS) is 9. The Kier molecular flexibility index (Phi) is 23.2. The number of hydrogen-bond donors (Lipinski definition) is 9. The van der Waals surface area contributed by atoms with Crippen molar-refractivity contribution in [2.75, 3.05) is 0 Å². The molecule has 60 heavy (non-hydrogen) atoms. The van der Waals surface area contributed by atoms with Crippen molar-refractivity contribution in [2.24, 2.45) is 17.8 Å². The van der Waals surface area contributed by atoms with E-state index in [-0.39, 0.29) is 38.5 Å². The molecular weight excluding hydrogens is 808 g/mol. The first-order chi connectivity index (χ1) is 27.9. The Labute approximate surface area is 344 Å². The fourth-order valence-corrected chi connectivity index (χ4v) is 7.01. The third-order valence-corrected chi connectivity index (χ3v) is 10.0. The van der Waals surface area contributed by atoms with Crippen molar-refractivity contribution in [3.05, 3.63) is 0 Å². The summed E-state index contributed by atoms with van der Waals surface area (Å²) < 4.78 is 16.3. The van der Waals surface area contributed by atoms with Gasteiger partial charge in [-0.2, -0.15) is 0 Å². The van der Waals surface area contributed by atoms with E-state index in [0.29, 0.717) is 44.8 Å². The summed E-state index contributed by atoms with van der Waals surface area (Å²) in [4.78, 5) is 129. The van der Waals surface area contributed by atoms with E-state index in [1.165, 1.54) is 0 Å². The van der Waals surface area contributed by atoms with Gasteiger partial charge in [0, 0.05) is 0 Å². The average molecular weight is 866 g/mol. The second kappa shape index (κ2) is 25.4. The number of carbonyl (C=O) groups is 9. The summed E-state index contributed by atoms with van der Waals surface area (Å²) >= 11 is 0. The lowest BCUT2D eigenvalue weighted by molar-refractivity contribution is -0.423. The molecule has 0 saturated heterocycles. The fourth-order valence-electron chi connectivity index (χ4n) is 7.01. The molecule has 0 fully saturated rings. The maximum atomic E-state index is 13.5. The van der Waals surface area contributed by atoms with Gasteiger partial charge in [0.25, 0.3) is 6.29 Å². The second-order valence-electron chi connectivity index (χ2n) is 14.5. The van der Waals surface area contributed by atoms with Crippen molar-refractivity contribution in [3.8, 4) is 0 Å². The summed E-state index contributed by atoms with van der Waals surface area (Å²) in [6.07, 6.45) is -4.72. The highest BCUT2D eigenvalue weighted by Crippen LogP contribution is 2.45. The molecule has 0 aromatic carbocycles. The fraction of sp³-hybridized carbons (Fsp3) is 0.737. The molecule has 0 saturated carbocycles. The number of carboxylic acids is 9. The topological polar surface area (TPSA) is 380 Å². The van der Waals surface area contributed by atoms with Crippen LogP contribution in [0.1, 0.15) is 136 Å². The Balaban J connectivity index is 9.01. The van der Waals surface area contributed by atoms with Crippen LogP contribution in [0, 0.1) is 17.8 Å². The molecule has 0 amide bonds. The monoisotopic (exact) mass is 865 g/mol. The van der Waals surface area contributed by atoms with E-state index in [2.05, 4.69) is 0 Å². The van der Waals surface area contributed by atoms with Gasteiger partial charge in [-0.3, -0.25) is 33.6 Å². The predicted molar refractivity (Wildman–Crippen MR) is 199 cm³/mol. The van der Waals surface area contributed by atoms with Crippen LogP contribution in [0.4, 0.5) is 0 Å². The Bertz CT molecular complexity index is 1360. The maximum absolute atomic E-state index is 13.5. The van der Waals surface area contributed by atoms with Gasteiger partial charge in [0.2, 0.25) is 0 Å². The number of ether oxygens (including phenoxy) is 3. The summed E-state index contributed by atoms with van der Waals surface area (Å²) in [6.45, 7) is 5.23. The predicted octanol–water partition coefficient (Wildman–Crippen LogP) is 3.71. The van der Waals surface area contributed by atoms with Gasteiger partial charge in [-0.05, 0) is 19.3 Å². The highest BCUT2D eigenvalue weighted by molar-refractivity contribution is 5.93. The molecule has 22 nitrogen and oxygen atoms in total. The number of unbranched alkanes of at least 4 members (excludes halogenated alkanes) is 9. The van der Waals surface area contributed by atoms with Crippen LogP contribution >= 0.6 is 0 Å². The Hall–Kier alpha value is -5.22. The van der Waals surface area contributed by atoms with Gasteiger partial charge >= 0.3 is 59.7 Å². The van der Waals surface area contributed by atoms with Gasteiger partial charge < -0.3 is 60.2 Å². The molecule has 0 rings (SSSR count). The van der Waals surface area contributed by atoms with Crippen molar-refractivity contribution < 1.29 is 108 Å². The van der Waals surface area contributed by atoms with Crippen molar-refractivity contribution in [2.45, 2.75) is 159 Å². The summed E-state index contributed by atoms with van der Waals surface area (Å²) in [5.41, 5.74) is -11.8. The highest BCUT2D eigenvalue weighted by Gasteiger charge is 2.67. The van der Waals surface area contributed by atoms with E-state index in [1.807, 2.05) is 0 Å². The summed E-state index contributed by atoms with van der Waals surface area (Å²) in [6, 6.07) is 0. The lowest BCUT2D eigenvalue weighted by Crippen LogP contribution is -2.68. The molecular formula is C38H57O22. The third kappa shape index (κ3) is 15.1. The first kappa shape index (κ1) is 54.8. The molecule has 0 heterocycles. The normalized spacial score (nSPS) is 16.9. The van der Waals surface area contributed by atoms with Crippen LogP contribution in [0.2, 0.25) is 0 Å². The van der Waals surface area contributed by atoms with E-state index in [0.717, 1.165) is 0 Å². The first-order valence-corrected chi connectivity index (χ1v) is 19.5. The lowest BCUT2D eigenvalue weighted by atomic mass is 9.79. The molecule has 0 aliphatic heterocycles. The zero-order valence-electron chi connectivity index (χ0n) is 33.8. The van der Waals surface area contributed by atoms with Crippen molar-refractivity contribution in [1.82, 2.24) is 0 Å². The van der Waals surface area contributed by atoms with E-state index >= 15 is 0 Å². The standard InChI is InChI=1S/C38H57O22/c1-4-7-10-13-16-23(29(46)47)35(32(52)53,19-26(40)41)58-38(22-39,59-36(33(54)55,20-27(42)43)24(30(48)49)17-14-11-8-5-2)60-37(34(56)57,21-28(44)45)25(31(50)51)18-15-12-9-6-3/h23-25H,4-21H2,1-3H3,(H,40,41)(H,42,43)(H,44,45)(H,46,47)(H,48,49)(H,50,51)(H,52,53)(H,54,55)(H,56,57). The summed E-state index contributed by atoms with van der Waals surface area (Å²) in [5.74, 6) is -33.3. The zero-order valence-corrected chi connectivity index (χ0v) is 33.8. The molecule has 6 atom stereocenters. The van der Waals surface area contributed by atoms with Crippen LogP contribution in [0.5, 0.6) is 0 Å². The van der Waals surface area contributed by atoms with Gasteiger partial charge in [0.1, 0.15) is 0 Å². The van der Waals surface area contributed by atoms with Crippen molar-refractivity contribution in [1.29, 1.82) is 0 Å². The van der Waals surface area contributed by atoms with Crippen LogP contribution in [0.25, 0.3) is 0 Å². The maximum Gasteiger partial charge on any atom is 0.358 e. The SMILES string of the molecule is CCCCCCC(C(=O)O)C(CC(=O)O)(OC([C]=O)(OC(CC(=O)O)(C(=O)O)C(CCCCCC)C(=O)O)OC(CC(=O)O)(C(=O)O)C(CCCCCC)C(=O)O)C(=O)O. The van der Waals surface area contributed by atoms with E-state index in [1.54, 1.807) is 20.8 Å². The highest BCUT2D eigenvalue weighted by atomic mass is 16.9. The molecule has 0 bridgehead atoms. The van der Waals surface area contributed by atoms with Crippen molar-refractivity contribution >= 4 is 60.0 Å². The number of hydrogen-bond acceptors (Lipinski definition) is 13. The molecule has 9 N–H and O–H groups in total. The Morgan fingerprint density at radius 2 is 0.650 bits per heavy atom. The minimum Gasteiger partial charge on any atom is -0.481 e. The van der Waals surface area contributed by atoms with Crippen LogP contribution in [0.15, 0.2) is 0 Å². The largest absolute Gasteiger partial charge is 0.481 e. The molecule has 1 radical (unpaired) electrons. The molecule has 0 aromatic heterocycles. The molecule has 0 aliphatic rings. The van der Waals surface area contributed by atoms with Gasteiger partial charge in [0.15, 0.2) is 16.8 Å². The first-order valence-electron chi connectivity index (χ1n) is 19.5. The number of aliphatic carboxylic acids is 9. The van der Waals surface area contributed by atoms with Crippen LogP contribution < -0.4 is 0 Å².